The molecule has 20 heavy (non-hydrogen) atoms. The van der Waals surface area contributed by atoms with Gasteiger partial charge in [-0.25, -0.2) is 0 Å². The Bertz CT molecular complexity index is 342. The predicted octanol–water partition coefficient (Wildman–Crippen LogP) is 2.23. The van der Waals surface area contributed by atoms with Crippen LogP contribution in [0.5, 0.6) is 0 Å². The highest BCUT2D eigenvalue weighted by atomic mass is 16.2. The van der Waals surface area contributed by atoms with Crippen LogP contribution in [0.2, 0.25) is 0 Å². The molecule has 2 fully saturated rings. The Labute approximate surface area is 122 Å². The maximum absolute atomic E-state index is 12.0. The molecule has 0 aromatic heterocycles. The third-order valence-corrected chi connectivity index (χ3v) is 4.41. The van der Waals surface area contributed by atoms with Gasteiger partial charge < -0.3 is 10.6 Å². The van der Waals surface area contributed by atoms with E-state index in [4.69, 9.17) is 0 Å². The van der Waals surface area contributed by atoms with Gasteiger partial charge in [-0.15, -0.1) is 0 Å². The summed E-state index contributed by atoms with van der Waals surface area (Å²) in [5, 5.41) is 6.11. The summed E-state index contributed by atoms with van der Waals surface area (Å²) in [7, 11) is 0. The molecule has 0 aliphatic heterocycles. The van der Waals surface area contributed by atoms with Crippen LogP contribution in [0.3, 0.4) is 0 Å². The van der Waals surface area contributed by atoms with Crippen molar-refractivity contribution in [3.63, 3.8) is 0 Å². The molecule has 114 valence electrons. The van der Waals surface area contributed by atoms with Crippen LogP contribution in [-0.4, -0.2) is 24.4 Å². The molecule has 0 bridgehead atoms. The molecule has 0 heterocycles. The molecule has 2 rings (SSSR count). The minimum absolute atomic E-state index is 0.118. The number of hydrogen-bond acceptors (Lipinski definition) is 2. The molecule has 0 unspecified atom stereocenters. The van der Waals surface area contributed by atoms with Gasteiger partial charge >= 0.3 is 0 Å². The van der Waals surface area contributed by atoms with Gasteiger partial charge in [0.1, 0.15) is 0 Å². The minimum Gasteiger partial charge on any atom is -0.356 e. The van der Waals surface area contributed by atoms with Crippen LogP contribution in [0, 0.1) is 17.8 Å². The molecule has 0 atom stereocenters. The normalized spacial score (nSPS) is 26.4. The molecular weight excluding hydrogens is 252 g/mol. The van der Waals surface area contributed by atoms with Crippen LogP contribution in [0.1, 0.15) is 58.8 Å². The Hall–Kier alpha value is -1.06. The van der Waals surface area contributed by atoms with Crippen molar-refractivity contribution in [1.82, 2.24) is 10.6 Å². The average Bonchev–Trinajstić information content (AvgIpc) is 3.22. The first-order chi connectivity index (χ1) is 9.56. The monoisotopic (exact) mass is 280 g/mol. The molecule has 0 spiro atoms. The topological polar surface area (TPSA) is 58.2 Å². The summed E-state index contributed by atoms with van der Waals surface area (Å²) in [4.78, 5) is 24.0. The van der Waals surface area contributed by atoms with Gasteiger partial charge in [0.25, 0.3) is 0 Å². The number of hydrogen-bond donors (Lipinski definition) is 2. The Morgan fingerprint density at radius 2 is 1.50 bits per heavy atom. The fraction of sp³-hybridized carbons (Fsp3) is 0.875. The van der Waals surface area contributed by atoms with E-state index >= 15 is 0 Å². The SMILES string of the molecule is CC(C)CCNC(=O)C1CCC(C(=O)NC2CC2)CC1. The Kier molecular flexibility index (Phi) is 5.44. The van der Waals surface area contributed by atoms with Crippen LogP contribution in [0.25, 0.3) is 0 Å². The molecule has 0 radical (unpaired) electrons. The van der Waals surface area contributed by atoms with E-state index in [1.807, 2.05) is 0 Å². The van der Waals surface area contributed by atoms with Gasteiger partial charge in [-0.05, 0) is 50.9 Å². The fourth-order valence-corrected chi connectivity index (χ4v) is 2.79. The second kappa shape index (κ2) is 7.09. The smallest absolute Gasteiger partial charge is 0.223 e. The molecular formula is C16H28N2O2. The first-order valence-electron chi connectivity index (χ1n) is 8.14. The van der Waals surface area contributed by atoms with Crippen molar-refractivity contribution >= 4 is 11.8 Å². The lowest BCUT2D eigenvalue weighted by Crippen LogP contribution is -2.38. The van der Waals surface area contributed by atoms with Crippen molar-refractivity contribution in [1.29, 1.82) is 0 Å². The molecule has 2 saturated carbocycles. The number of amides is 2. The zero-order valence-electron chi connectivity index (χ0n) is 12.8. The third kappa shape index (κ3) is 4.80. The van der Waals surface area contributed by atoms with E-state index in [1.165, 1.54) is 0 Å². The van der Waals surface area contributed by atoms with Crippen molar-refractivity contribution in [3.05, 3.63) is 0 Å². The zero-order valence-corrected chi connectivity index (χ0v) is 12.8. The van der Waals surface area contributed by atoms with Gasteiger partial charge in [0.2, 0.25) is 11.8 Å². The van der Waals surface area contributed by atoms with E-state index in [0.717, 1.165) is 51.5 Å². The molecule has 2 aliphatic carbocycles. The van der Waals surface area contributed by atoms with Crippen molar-refractivity contribution < 1.29 is 9.59 Å². The number of nitrogens with one attached hydrogen (secondary N) is 2. The summed E-state index contributed by atoms with van der Waals surface area (Å²) in [6.45, 7) is 5.10. The van der Waals surface area contributed by atoms with Crippen molar-refractivity contribution in [2.24, 2.45) is 17.8 Å². The standard InChI is InChI=1S/C16H28N2O2/c1-11(2)9-10-17-15(19)12-3-5-13(6-4-12)16(20)18-14-7-8-14/h11-14H,3-10H2,1-2H3,(H,17,19)(H,18,20). The molecule has 2 N–H and O–H groups in total. The second-order valence-electron chi connectivity index (χ2n) is 6.80. The van der Waals surface area contributed by atoms with Crippen LogP contribution in [0.15, 0.2) is 0 Å². The molecule has 0 aromatic carbocycles. The Morgan fingerprint density at radius 3 is 2.00 bits per heavy atom. The number of carbonyl (C=O) groups excluding carboxylic acids is 2. The summed E-state index contributed by atoms with van der Waals surface area (Å²) < 4.78 is 0. The van der Waals surface area contributed by atoms with E-state index in [2.05, 4.69) is 24.5 Å². The van der Waals surface area contributed by atoms with Crippen LogP contribution < -0.4 is 10.6 Å². The maximum atomic E-state index is 12.0. The molecule has 2 amide bonds. The number of rotatable bonds is 6. The Morgan fingerprint density at radius 1 is 0.950 bits per heavy atom. The van der Waals surface area contributed by atoms with E-state index < -0.39 is 0 Å². The summed E-state index contributed by atoms with van der Waals surface area (Å²) >= 11 is 0. The van der Waals surface area contributed by atoms with Crippen molar-refractivity contribution in [3.8, 4) is 0 Å². The lowest BCUT2D eigenvalue weighted by atomic mass is 9.81. The first-order valence-corrected chi connectivity index (χ1v) is 8.14. The fourth-order valence-electron chi connectivity index (χ4n) is 2.79. The lowest BCUT2D eigenvalue weighted by Gasteiger charge is -2.27. The summed E-state index contributed by atoms with van der Waals surface area (Å²) in [5.74, 6) is 1.28. The van der Waals surface area contributed by atoms with E-state index in [-0.39, 0.29) is 23.7 Å². The lowest BCUT2D eigenvalue weighted by molar-refractivity contribution is -0.130. The van der Waals surface area contributed by atoms with Crippen LogP contribution in [0.4, 0.5) is 0 Å². The highest BCUT2D eigenvalue weighted by Gasteiger charge is 2.32. The van der Waals surface area contributed by atoms with Gasteiger partial charge in [0.15, 0.2) is 0 Å². The van der Waals surface area contributed by atoms with Gasteiger partial charge in [0, 0.05) is 24.4 Å². The molecule has 0 saturated heterocycles. The first kappa shape index (κ1) is 15.3. The molecule has 0 aromatic rings. The predicted molar refractivity (Wildman–Crippen MR) is 79.1 cm³/mol. The Balaban J connectivity index is 1.65. The van der Waals surface area contributed by atoms with Gasteiger partial charge in [-0.2, -0.15) is 0 Å². The van der Waals surface area contributed by atoms with Gasteiger partial charge in [0.05, 0.1) is 0 Å². The molecule has 4 nitrogen and oxygen atoms in total. The van der Waals surface area contributed by atoms with Crippen molar-refractivity contribution in [2.45, 2.75) is 64.8 Å². The number of carbonyl (C=O) groups is 2. The average molecular weight is 280 g/mol. The minimum atomic E-state index is 0.118. The zero-order chi connectivity index (χ0) is 14.5. The quantitative estimate of drug-likeness (QED) is 0.784. The summed E-state index contributed by atoms with van der Waals surface area (Å²) in [6, 6.07) is 0.444. The second-order valence-corrected chi connectivity index (χ2v) is 6.80. The van der Waals surface area contributed by atoms with Gasteiger partial charge in [-0.3, -0.25) is 9.59 Å². The highest BCUT2D eigenvalue weighted by molar-refractivity contribution is 5.81. The van der Waals surface area contributed by atoms with E-state index in [1.54, 1.807) is 0 Å². The summed E-state index contributed by atoms with van der Waals surface area (Å²) in [5.41, 5.74) is 0. The maximum Gasteiger partial charge on any atom is 0.223 e. The molecule has 2 aliphatic rings. The summed E-state index contributed by atoms with van der Waals surface area (Å²) in [6.07, 6.45) is 6.75. The van der Waals surface area contributed by atoms with Crippen LogP contribution >= 0.6 is 0 Å². The molecule has 4 heteroatoms. The van der Waals surface area contributed by atoms with Crippen molar-refractivity contribution in [2.75, 3.05) is 6.54 Å². The third-order valence-electron chi connectivity index (χ3n) is 4.41. The highest BCUT2D eigenvalue weighted by Crippen LogP contribution is 2.30. The van der Waals surface area contributed by atoms with E-state index in [9.17, 15) is 9.59 Å². The largest absolute Gasteiger partial charge is 0.356 e. The van der Waals surface area contributed by atoms with Crippen LogP contribution in [-0.2, 0) is 9.59 Å². The van der Waals surface area contributed by atoms with Gasteiger partial charge in [-0.1, -0.05) is 13.8 Å². The van der Waals surface area contributed by atoms with E-state index in [0.29, 0.717) is 12.0 Å².